The number of pyridine rings is 1. The first kappa shape index (κ1) is 14.1. The quantitative estimate of drug-likeness (QED) is 0.876. The topological polar surface area (TPSA) is 68.0 Å². The number of carbonyl (C=O) groups excluding carboxylic acids is 1. The van der Waals surface area contributed by atoms with Crippen molar-refractivity contribution in [2.75, 3.05) is 5.73 Å². The van der Waals surface area contributed by atoms with Crippen molar-refractivity contribution in [3.05, 3.63) is 22.8 Å². The Kier molecular flexibility index (Phi) is 4.30. The van der Waals surface area contributed by atoms with E-state index in [0.717, 1.165) is 12.8 Å². The smallest absolute Gasteiger partial charge is 0.271 e. The fourth-order valence-corrected chi connectivity index (χ4v) is 2.83. The number of halogens is 1. The van der Waals surface area contributed by atoms with Crippen molar-refractivity contribution >= 4 is 23.3 Å². The first-order valence-corrected chi connectivity index (χ1v) is 7.09. The molecule has 0 aromatic carbocycles. The molecule has 1 aliphatic rings. The van der Waals surface area contributed by atoms with E-state index in [1.165, 1.54) is 6.42 Å². The summed E-state index contributed by atoms with van der Waals surface area (Å²) in [7, 11) is 0. The van der Waals surface area contributed by atoms with E-state index in [2.05, 4.69) is 24.1 Å². The molecule has 0 aliphatic heterocycles. The molecule has 1 aromatic rings. The molecule has 2 rings (SSSR count). The molecule has 1 amide bonds. The van der Waals surface area contributed by atoms with Gasteiger partial charge in [0.2, 0.25) is 0 Å². The Labute approximate surface area is 118 Å². The fourth-order valence-electron chi connectivity index (χ4n) is 2.64. The number of nitrogens with two attached hydrogens (primary N) is 1. The van der Waals surface area contributed by atoms with E-state index >= 15 is 0 Å². The van der Waals surface area contributed by atoms with E-state index in [0.29, 0.717) is 22.7 Å². The average Bonchev–Trinajstić information content (AvgIpc) is 2.38. The lowest BCUT2D eigenvalue weighted by Gasteiger charge is -2.34. The predicted molar refractivity (Wildman–Crippen MR) is 77.1 cm³/mol. The molecule has 3 atom stereocenters. The molecule has 3 unspecified atom stereocenters. The van der Waals surface area contributed by atoms with Crippen molar-refractivity contribution < 1.29 is 4.79 Å². The van der Waals surface area contributed by atoms with Crippen LogP contribution in [0.3, 0.4) is 0 Å². The predicted octanol–water partition coefficient (Wildman–Crippen LogP) is 2.87. The number of carbonyl (C=O) groups is 1. The fraction of sp³-hybridized carbons (Fsp3) is 0.571. The maximum atomic E-state index is 12.2. The van der Waals surface area contributed by atoms with Crippen molar-refractivity contribution in [2.24, 2.45) is 11.8 Å². The first-order valence-electron chi connectivity index (χ1n) is 6.72. The van der Waals surface area contributed by atoms with Crippen molar-refractivity contribution in [2.45, 2.75) is 39.2 Å². The molecule has 0 spiro atoms. The lowest BCUT2D eigenvalue weighted by molar-refractivity contribution is 0.0886. The molecule has 1 heterocycles. The minimum absolute atomic E-state index is 0.190. The zero-order valence-electron chi connectivity index (χ0n) is 11.3. The van der Waals surface area contributed by atoms with Crippen molar-refractivity contribution in [3.63, 3.8) is 0 Å². The van der Waals surface area contributed by atoms with E-state index < -0.39 is 0 Å². The van der Waals surface area contributed by atoms with Gasteiger partial charge in [0.1, 0.15) is 11.5 Å². The number of nitrogens with one attached hydrogen (secondary N) is 1. The number of hydrogen-bond donors (Lipinski definition) is 2. The normalized spacial score (nSPS) is 27.0. The van der Waals surface area contributed by atoms with Crippen LogP contribution in [-0.4, -0.2) is 16.9 Å². The summed E-state index contributed by atoms with van der Waals surface area (Å²) in [5, 5.41) is 3.38. The van der Waals surface area contributed by atoms with Gasteiger partial charge in [0.15, 0.2) is 0 Å². The van der Waals surface area contributed by atoms with Crippen LogP contribution in [0, 0.1) is 11.8 Å². The molecule has 1 fully saturated rings. The Balaban J connectivity index is 2.10. The second-order valence-electron chi connectivity index (χ2n) is 5.41. The average molecular weight is 282 g/mol. The van der Waals surface area contributed by atoms with Gasteiger partial charge >= 0.3 is 0 Å². The van der Waals surface area contributed by atoms with Crippen LogP contribution < -0.4 is 11.1 Å². The van der Waals surface area contributed by atoms with Crippen molar-refractivity contribution in [1.82, 2.24) is 10.3 Å². The van der Waals surface area contributed by atoms with Gasteiger partial charge in [0, 0.05) is 6.04 Å². The number of nitrogen functional groups attached to an aromatic ring is 1. The lowest BCUT2D eigenvalue weighted by Crippen LogP contribution is -2.44. The van der Waals surface area contributed by atoms with Crippen LogP contribution in [-0.2, 0) is 0 Å². The molecule has 1 saturated carbocycles. The third-order valence-corrected chi connectivity index (χ3v) is 4.41. The summed E-state index contributed by atoms with van der Waals surface area (Å²) in [6.45, 7) is 4.41. The molecule has 104 valence electrons. The maximum Gasteiger partial charge on any atom is 0.271 e. The molecule has 0 saturated heterocycles. The van der Waals surface area contributed by atoms with Crippen LogP contribution in [0.4, 0.5) is 5.82 Å². The Bertz CT molecular complexity index is 478. The van der Waals surface area contributed by atoms with Gasteiger partial charge in [-0.2, -0.15) is 0 Å². The zero-order chi connectivity index (χ0) is 14.0. The largest absolute Gasteiger partial charge is 0.384 e. The molecule has 5 heteroatoms. The molecular formula is C14H20ClN3O. The maximum absolute atomic E-state index is 12.2. The van der Waals surface area contributed by atoms with Crippen molar-refractivity contribution in [1.29, 1.82) is 0 Å². The summed E-state index contributed by atoms with van der Waals surface area (Å²) in [5.41, 5.74) is 5.81. The van der Waals surface area contributed by atoms with Crippen LogP contribution >= 0.6 is 11.6 Å². The van der Waals surface area contributed by atoms with Crippen LogP contribution in [0.1, 0.15) is 43.6 Å². The van der Waals surface area contributed by atoms with E-state index in [4.69, 9.17) is 17.3 Å². The van der Waals surface area contributed by atoms with Crippen molar-refractivity contribution in [3.8, 4) is 0 Å². The number of rotatable bonds is 2. The Hall–Kier alpha value is -1.29. The Morgan fingerprint density at radius 1 is 1.42 bits per heavy atom. The SMILES string of the molecule is CC1CCCC(NC(=O)c2nc(N)ccc2Cl)C1C. The van der Waals surface area contributed by atoms with Crippen LogP contribution in [0.2, 0.25) is 5.02 Å². The molecule has 1 aliphatic carbocycles. The summed E-state index contributed by atoms with van der Waals surface area (Å²) in [6.07, 6.45) is 3.39. The van der Waals surface area contributed by atoms with E-state index in [-0.39, 0.29) is 17.6 Å². The van der Waals surface area contributed by atoms with Gasteiger partial charge in [0.25, 0.3) is 5.91 Å². The minimum Gasteiger partial charge on any atom is -0.384 e. The first-order chi connectivity index (χ1) is 8.99. The monoisotopic (exact) mass is 281 g/mol. The van der Waals surface area contributed by atoms with Gasteiger partial charge in [-0.05, 0) is 30.4 Å². The van der Waals surface area contributed by atoms with Gasteiger partial charge in [0.05, 0.1) is 5.02 Å². The molecule has 0 radical (unpaired) electrons. The highest BCUT2D eigenvalue weighted by Gasteiger charge is 2.29. The molecule has 0 bridgehead atoms. The summed E-state index contributed by atoms with van der Waals surface area (Å²) in [4.78, 5) is 16.2. The Morgan fingerprint density at radius 3 is 2.89 bits per heavy atom. The third kappa shape index (κ3) is 3.18. The number of aromatic nitrogens is 1. The summed E-state index contributed by atoms with van der Waals surface area (Å²) in [6, 6.07) is 3.38. The molecular weight excluding hydrogens is 262 g/mol. The highest BCUT2D eigenvalue weighted by atomic mass is 35.5. The van der Waals surface area contributed by atoms with E-state index in [1.54, 1.807) is 12.1 Å². The van der Waals surface area contributed by atoms with Crippen LogP contribution in [0.5, 0.6) is 0 Å². The van der Waals surface area contributed by atoms with Gasteiger partial charge in [-0.15, -0.1) is 0 Å². The van der Waals surface area contributed by atoms with Crippen LogP contribution in [0.15, 0.2) is 12.1 Å². The summed E-state index contributed by atoms with van der Waals surface area (Å²) in [5.74, 6) is 1.17. The van der Waals surface area contributed by atoms with Gasteiger partial charge < -0.3 is 11.1 Å². The molecule has 1 aromatic heterocycles. The molecule has 3 N–H and O–H groups in total. The number of hydrogen-bond acceptors (Lipinski definition) is 3. The molecule has 4 nitrogen and oxygen atoms in total. The van der Waals surface area contributed by atoms with E-state index in [9.17, 15) is 4.79 Å². The summed E-state index contributed by atoms with van der Waals surface area (Å²) < 4.78 is 0. The number of anilines is 1. The minimum atomic E-state index is -0.233. The third-order valence-electron chi connectivity index (χ3n) is 4.11. The van der Waals surface area contributed by atoms with Gasteiger partial charge in [-0.25, -0.2) is 4.98 Å². The second-order valence-corrected chi connectivity index (χ2v) is 5.82. The van der Waals surface area contributed by atoms with Gasteiger partial charge in [-0.1, -0.05) is 38.3 Å². The Morgan fingerprint density at radius 2 is 2.16 bits per heavy atom. The zero-order valence-corrected chi connectivity index (χ0v) is 12.1. The summed E-state index contributed by atoms with van der Waals surface area (Å²) >= 11 is 5.99. The second kappa shape index (κ2) is 5.78. The molecule has 19 heavy (non-hydrogen) atoms. The standard InChI is InChI=1S/C14H20ClN3O/c1-8-4-3-5-11(9(8)2)17-14(19)13-10(15)6-7-12(16)18-13/h6-9,11H,3-5H2,1-2H3,(H2,16,18)(H,17,19). The number of nitrogens with zero attached hydrogens (tertiary/aromatic N) is 1. The highest BCUT2D eigenvalue weighted by Crippen LogP contribution is 2.29. The van der Waals surface area contributed by atoms with E-state index in [1.807, 2.05) is 0 Å². The van der Waals surface area contributed by atoms with Gasteiger partial charge in [-0.3, -0.25) is 4.79 Å². The highest BCUT2D eigenvalue weighted by molar-refractivity contribution is 6.33. The number of amides is 1. The van der Waals surface area contributed by atoms with Crippen LogP contribution in [0.25, 0.3) is 0 Å². The lowest BCUT2D eigenvalue weighted by atomic mass is 9.78.